The smallest absolute Gasteiger partial charge is 0.168 e. The number of fused-ring (bicyclic) bond motifs is 24. The molecular weight excluding hydrogens is 1820 g/mol. The normalized spacial score (nSPS) is 19.0. The largest absolute Gasteiger partial charge is 0.455 e. The molecule has 0 saturated carbocycles. The van der Waals surface area contributed by atoms with Crippen molar-refractivity contribution in [1.82, 2.24) is 61.3 Å². The summed E-state index contributed by atoms with van der Waals surface area (Å²) in [5.41, 5.74) is 10.9. The molecule has 0 radical (unpaired) electrons. The van der Waals surface area contributed by atoms with Crippen LogP contribution in [-0.2, 0) is 0 Å². The molecule has 19 nitrogen and oxygen atoms in total. The first-order valence-corrected chi connectivity index (χ1v) is 53.2. The number of rotatable bonds is 12. The summed E-state index contributed by atoms with van der Waals surface area (Å²) < 4.78 is 16.5. The fraction of sp³-hybridized carbons (Fsp3) is 0.397. The molecule has 11 heterocycles. The molecule has 0 spiro atoms. The molecule has 0 amide bonds. The van der Waals surface area contributed by atoms with Crippen LogP contribution in [-0.4, -0.2) is 140 Å². The van der Waals surface area contributed by atoms with Gasteiger partial charge in [0.1, 0.15) is 59.5 Å². The monoisotopic (exact) mass is 1970 g/mol. The number of aliphatic imine (C=N–C) groups is 5. The van der Waals surface area contributed by atoms with Crippen LogP contribution in [0.25, 0.3) is 112 Å². The zero-order valence-corrected chi connectivity index (χ0v) is 92.0. The Morgan fingerprint density at radius 2 is 0.615 bits per heavy atom. The highest BCUT2D eigenvalue weighted by atomic mass is 32.1. The maximum absolute atomic E-state index is 6.28. The number of furan rings is 2. The van der Waals surface area contributed by atoms with E-state index in [0.717, 1.165) is 61.9 Å². The van der Waals surface area contributed by atoms with Gasteiger partial charge in [-0.2, -0.15) is 0 Å². The van der Waals surface area contributed by atoms with Crippen molar-refractivity contribution < 1.29 is 8.83 Å². The highest BCUT2D eigenvalue weighted by molar-refractivity contribution is 7.21. The molecule has 0 bridgehead atoms. The van der Waals surface area contributed by atoms with Gasteiger partial charge in [0.25, 0.3) is 0 Å². The maximum Gasteiger partial charge on any atom is 0.168 e. The topological polar surface area (TPSA) is 180 Å². The first kappa shape index (κ1) is 103. The van der Waals surface area contributed by atoms with Gasteiger partial charge in [0.2, 0.25) is 0 Å². The van der Waals surface area contributed by atoms with Crippen LogP contribution in [0.5, 0.6) is 0 Å². The second-order valence-corrected chi connectivity index (χ2v) is 49.8. The molecule has 11 aromatic carbocycles. The molecule has 6 aliphatic heterocycles. The number of thiophene rings is 3. The van der Waals surface area contributed by atoms with E-state index in [1.54, 1.807) is 0 Å². The summed E-state index contributed by atoms with van der Waals surface area (Å²) in [5.74, 6) is 1.79. The lowest BCUT2D eigenvalue weighted by molar-refractivity contribution is 0.190. The van der Waals surface area contributed by atoms with Crippen LogP contribution in [0, 0.1) is 32.5 Å². The van der Waals surface area contributed by atoms with Crippen molar-refractivity contribution in [3.05, 3.63) is 250 Å². The maximum atomic E-state index is 6.28. The van der Waals surface area contributed by atoms with Crippen LogP contribution in [0.2, 0.25) is 0 Å². The molecule has 22 heteroatoms. The molecule has 12 atom stereocenters. The van der Waals surface area contributed by atoms with Gasteiger partial charge in [-0.1, -0.05) is 294 Å². The fourth-order valence-corrected chi connectivity index (χ4v) is 22.2. The van der Waals surface area contributed by atoms with Crippen molar-refractivity contribution in [2.75, 3.05) is 42.3 Å². The second kappa shape index (κ2) is 40.7. The van der Waals surface area contributed by atoms with Crippen molar-refractivity contribution >= 4 is 206 Å². The fourth-order valence-electron chi connectivity index (χ4n) is 18.2. The van der Waals surface area contributed by atoms with Crippen LogP contribution in [0.4, 0.5) is 28.4 Å². The number of hydrogen-bond donors (Lipinski definition) is 6. The first-order valence-electron chi connectivity index (χ1n) is 50.8. The standard InChI is InChI=1S/2C21H25N3O.3C21H25N3S.C16H24N2/c1-13(21(2,3)4)23-20-19-18(22-12-24(20)5)16-10-14-8-6-7-9-15(14)11-17(16)25-19;1-13(21(2,3)4)23-20-19-18(22-12-24(20)5)17-15-9-7-6-8-14(15)10-11-16(17)25-19;1-13(21(2,3)4)23-20-19-18(22-12-24(20)5)16-10-14-8-6-7-9-15(14)11-17(16)25-19;1-13(21(2,3)4)23-20-19-17(22-12-24(20)5)16-11-10-14-8-6-7-9-15(14)18(16)25-19;1-13(21(2,3)4)23-20-19-18(22-12-24(20)5)17-15-9-7-6-8-14(15)10-11-16(17)25-19;1-12(16(2,3)4)17-15-14-9-7-6-8-13(14)10-11-18(15)5/h5*6-13,20,23H,1-5H3;6-12,15,17H,1-5H3/t5*13-,20?;12-,15?/m111111/s1. The zero-order chi connectivity index (χ0) is 102. The van der Waals surface area contributed by atoms with Crippen molar-refractivity contribution in [2.45, 2.75) is 239 Å². The number of benzene rings is 11. The number of hydrogen-bond acceptors (Lipinski definition) is 22. The molecule has 748 valence electrons. The molecular formula is C121H149N17O2S3. The van der Waals surface area contributed by atoms with E-state index in [0.29, 0.717) is 36.3 Å². The third-order valence-corrected chi connectivity index (χ3v) is 34.1. The second-order valence-electron chi connectivity index (χ2n) is 46.6. The van der Waals surface area contributed by atoms with E-state index < -0.39 is 0 Å². The summed E-state index contributed by atoms with van der Waals surface area (Å²) >= 11 is 5.60. The van der Waals surface area contributed by atoms with E-state index in [9.17, 15) is 0 Å². The van der Waals surface area contributed by atoms with Crippen molar-refractivity contribution in [3.8, 4) is 0 Å². The minimum absolute atomic E-state index is 0.0164. The van der Waals surface area contributed by atoms with Gasteiger partial charge in [0, 0.05) is 120 Å². The molecule has 6 N–H and O–H groups in total. The quantitative estimate of drug-likeness (QED) is 0.0680. The minimum atomic E-state index is -0.0205. The van der Waals surface area contributed by atoms with Gasteiger partial charge < -0.3 is 38.2 Å². The van der Waals surface area contributed by atoms with E-state index in [1.165, 1.54) is 110 Å². The van der Waals surface area contributed by atoms with Crippen LogP contribution < -0.4 is 31.9 Å². The third kappa shape index (κ3) is 21.6. The lowest BCUT2D eigenvalue weighted by Gasteiger charge is -2.38. The molecule has 22 rings (SSSR count). The Morgan fingerprint density at radius 3 is 1.12 bits per heavy atom. The van der Waals surface area contributed by atoms with Crippen LogP contribution in [0.1, 0.15) is 240 Å². The summed E-state index contributed by atoms with van der Waals surface area (Å²) in [4.78, 5) is 40.6. The minimum Gasteiger partial charge on any atom is -0.455 e. The summed E-state index contributed by atoms with van der Waals surface area (Å²) in [7, 11) is 12.5. The molecule has 16 aromatic rings. The number of nitrogens with one attached hydrogen (secondary N) is 6. The van der Waals surface area contributed by atoms with Gasteiger partial charge in [-0.3, -0.25) is 31.9 Å². The Kier molecular flexibility index (Phi) is 29.3. The zero-order valence-electron chi connectivity index (χ0n) is 89.6. The summed E-state index contributed by atoms with van der Waals surface area (Å²) in [6.45, 7) is 54.3. The molecule has 0 saturated heterocycles. The average molecular weight is 1970 g/mol. The van der Waals surface area contributed by atoms with Crippen molar-refractivity contribution in [2.24, 2.45) is 57.5 Å². The Labute approximate surface area is 859 Å². The predicted octanol–water partition coefficient (Wildman–Crippen LogP) is 31.1. The van der Waals surface area contributed by atoms with Crippen LogP contribution in [0.15, 0.2) is 246 Å². The van der Waals surface area contributed by atoms with Crippen molar-refractivity contribution in [1.29, 1.82) is 0 Å². The van der Waals surface area contributed by atoms with Gasteiger partial charge in [0.05, 0.1) is 68.8 Å². The highest BCUT2D eigenvalue weighted by Gasteiger charge is 2.39. The Bertz CT molecular complexity index is 7150. The van der Waals surface area contributed by atoms with E-state index in [1.807, 2.05) is 79.8 Å². The average Bonchev–Trinajstić information content (AvgIpc) is 1.57. The van der Waals surface area contributed by atoms with Crippen molar-refractivity contribution in [3.63, 3.8) is 0 Å². The Balaban J connectivity index is 0.000000118. The predicted molar refractivity (Wildman–Crippen MR) is 617 cm³/mol. The molecule has 0 aliphatic carbocycles. The summed E-state index contributed by atoms with van der Waals surface area (Å²) in [6.07, 6.45) is 14.7. The molecule has 6 unspecified atom stereocenters. The Hall–Kier alpha value is -11.7. The molecule has 5 aromatic heterocycles. The highest BCUT2D eigenvalue weighted by Crippen LogP contribution is 2.53. The van der Waals surface area contributed by atoms with Gasteiger partial charge >= 0.3 is 0 Å². The summed E-state index contributed by atoms with van der Waals surface area (Å²) in [5, 5.41) is 41.1. The van der Waals surface area contributed by atoms with E-state index >= 15 is 0 Å². The number of nitrogens with zero attached hydrogens (tertiary/aromatic N) is 11. The van der Waals surface area contributed by atoms with E-state index in [4.69, 9.17) is 28.8 Å². The van der Waals surface area contributed by atoms with Gasteiger partial charge in [-0.25, -0.2) is 25.0 Å². The molecule has 143 heavy (non-hydrogen) atoms. The Morgan fingerprint density at radius 1 is 0.273 bits per heavy atom. The third-order valence-electron chi connectivity index (χ3n) is 30.4. The molecule has 6 aliphatic rings. The van der Waals surface area contributed by atoms with Gasteiger partial charge in [-0.15, -0.1) is 34.0 Å². The summed E-state index contributed by atoms with van der Waals surface area (Å²) in [6, 6.07) is 75.3. The van der Waals surface area contributed by atoms with Crippen LogP contribution >= 0.6 is 34.0 Å². The van der Waals surface area contributed by atoms with Crippen LogP contribution in [0.3, 0.4) is 0 Å². The molecule has 0 fully saturated rings. The van der Waals surface area contributed by atoms with Gasteiger partial charge in [-0.05, 0) is 181 Å². The van der Waals surface area contributed by atoms with E-state index in [2.05, 4.69) is 479 Å². The lowest BCUT2D eigenvalue weighted by Crippen LogP contribution is -2.46. The van der Waals surface area contributed by atoms with E-state index in [-0.39, 0.29) is 69.5 Å². The first-order chi connectivity index (χ1) is 67.7. The SMILES string of the molecule is C[C@@H](NC1c2ccccc2C=CN1C)C(C)(C)C.C[C@@H](NC1c2oc3cc4ccccc4cc3c2N=CN1C)C(C)(C)C.C[C@@H](NC1c2oc3ccc4ccccc4c3c2N=CN1C)C(C)(C)C.C[C@@H](NC1c2sc3c(ccc4ccccc43)c2N=CN1C)C(C)(C)C.C[C@@H](NC1c2sc3cc4ccccc4cc3c2N=CN1C)C(C)(C)C.C[C@@H](NC1c2sc3ccc4ccccc4c3c2N=CN1C)C(C)(C)C. The van der Waals surface area contributed by atoms with Gasteiger partial charge in [0.15, 0.2) is 11.5 Å². The lowest BCUT2D eigenvalue weighted by atomic mass is 9.87.